The minimum atomic E-state index is -1.09. The second kappa shape index (κ2) is 9.57. The number of thiophene rings is 1. The highest BCUT2D eigenvalue weighted by molar-refractivity contribution is 8.27. The third-order valence-corrected chi connectivity index (χ3v) is 6.71. The van der Waals surface area contributed by atoms with Crippen molar-refractivity contribution in [3.8, 4) is 11.5 Å². The highest BCUT2D eigenvalue weighted by atomic mass is 32.2. The van der Waals surface area contributed by atoms with E-state index in [0.29, 0.717) is 31.1 Å². The Balaban J connectivity index is 1.58. The van der Waals surface area contributed by atoms with Crippen LogP contribution in [0.2, 0.25) is 0 Å². The Morgan fingerprint density at radius 3 is 2.61 bits per heavy atom. The number of hydrogen-bond acceptors (Lipinski definition) is 8. The quantitative estimate of drug-likeness (QED) is 0.218. The van der Waals surface area contributed by atoms with E-state index in [4.69, 9.17) is 21.7 Å². The van der Waals surface area contributed by atoms with Gasteiger partial charge in [-0.15, -0.1) is 11.3 Å². The second-order valence-electron chi connectivity index (χ2n) is 6.65. The van der Waals surface area contributed by atoms with Crippen molar-refractivity contribution in [2.45, 2.75) is 0 Å². The van der Waals surface area contributed by atoms with Crippen LogP contribution in [-0.2, 0) is 4.79 Å². The highest BCUT2D eigenvalue weighted by Crippen LogP contribution is 2.37. The highest BCUT2D eigenvalue weighted by Gasteiger charge is 2.33. The van der Waals surface area contributed by atoms with Gasteiger partial charge in [0, 0.05) is 0 Å². The Morgan fingerprint density at radius 1 is 1.09 bits per heavy atom. The van der Waals surface area contributed by atoms with Crippen molar-refractivity contribution < 1.29 is 29.0 Å². The zero-order valence-corrected chi connectivity index (χ0v) is 19.5. The van der Waals surface area contributed by atoms with E-state index >= 15 is 0 Å². The summed E-state index contributed by atoms with van der Waals surface area (Å²) in [6, 6.07) is 14.4. The van der Waals surface area contributed by atoms with E-state index in [1.807, 2.05) is 0 Å². The minimum Gasteiger partial charge on any atom is -0.493 e. The summed E-state index contributed by atoms with van der Waals surface area (Å²) in [5.74, 6) is -1.35. The molecule has 4 rings (SSSR count). The van der Waals surface area contributed by atoms with Crippen LogP contribution in [0.1, 0.15) is 25.6 Å². The van der Waals surface area contributed by atoms with Gasteiger partial charge in [-0.25, -0.2) is 9.59 Å². The number of thiocarbonyl (C=S) groups is 1. The summed E-state index contributed by atoms with van der Waals surface area (Å²) >= 11 is 7.74. The molecule has 0 atom stereocenters. The van der Waals surface area contributed by atoms with Gasteiger partial charge in [0.2, 0.25) is 0 Å². The Hall–Kier alpha value is -3.47. The molecule has 1 amide bonds. The summed E-state index contributed by atoms with van der Waals surface area (Å²) in [4.78, 5) is 38.6. The Labute approximate surface area is 202 Å². The summed E-state index contributed by atoms with van der Waals surface area (Å²) in [7, 11) is 1.45. The van der Waals surface area contributed by atoms with Crippen LogP contribution in [0.25, 0.3) is 6.08 Å². The Kier molecular flexibility index (Phi) is 6.59. The number of esters is 1. The Bertz CT molecular complexity index is 1300. The van der Waals surface area contributed by atoms with Gasteiger partial charge in [0.05, 0.1) is 23.3 Å². The lowest BCUT2D eigenvalue weighted by atomic mass is 10.1. The van der Waals surface area contributed by atoms with Crippen molar-refractivity contribution in [1.82, 2.24) is 0 Å². The molecule has 0 saturated carbocycles. The zero-order chi connectivity index (χ0) is 23.5. The SMILES string of the molecule is COc1cc(/C=C2\SC(=S)N(c3cccc(C(=O)O)c3)C2=O)ccc1OC(=O)c1cccs1. The average molecular weight is 498 g/mol. The van der Waals surface area contributed by atoms with E-state index in [1.54, 1.807) is 53.9 Å². The largest absolute Gasteiger partial charge is 0.493 e. The van der Waals surface area contributed by atoms with Crippen molar-refractivity contribution in [3.63, 3.8) is 0 Å². The molecule has 7 nitrogen and oxygen atoms in total. The van der Waals surface area contributed by atoms with Gasteiger partial charge in [-0.1, -0.05) is 42.2 Å². The number of carboxylic acid groups (broad SMARTS) is 1. The number of ether oxygens (including phenoxy) is 2. The van der Waals surface area contributed by atoms with Gasteiger partial charge in [-0.3, -0.25) is 9.69 Å². The van der Waals surface area contributed by atoms with E-state index in [2.05, 4.69) is 0 Å². The van der Waals surface area contributed by atoms with Crippen LogP contribution in [0.15, 0.2) is 64.9 Å². The average Bonchev–Trinajstić information content (AvgIpc) is 3.43. The molecular formula is C23H15NO6S3. The molecule has 1 fully saturated rings. The van der Waals surface area contributed by atoms with Crippen LogP contribution in [0.3, 0.4) is 0 Å². The molecule has 0 spiro atoms. The molecular weight excluding hydrogens is 482 g/mol. The summed E-state index contributed by atoms with van der Waals surface area (Å²) in [5, 5.41) is 11.0. The van der Waals surface area contributed by atoms with E-state index in [-0.39, 0.29) is 17.2 Å². The van der Waals surface area contributed by atoms with Crippen molar-refractivity contribution >= 4 is 69.2 Å². The third-order valence-electron chi connectivity index (χ3n) is 4.56. The molecule has 2 aromatic carbocycles. The molecule has 0 unspecified atom stereocenters. The zero-order valence-electron chi connectivity index (χ0n) is 17.0. The molecule has 1 aromatic heterocycles. The topological polar surface area (TPSA) is 93.1 Å². The van der Waals surface area contributed by atoms with Gasteiger partial charge in [0.15, 0.2) is 15.8 Å². The minimum absolute atomic E-state index is 0.0583. The summed E-state index contributed by atoms with van der Waals surface area (Å²) in [6.07, 6.45) is 1.65. The molecule has 0 radical (unpaired) electrons. The van der Waals surface area contributed by atoms with E-state index in [0.717, 1.165) is 11.8 Å². The molecule has 0 bridgehead atoms. The fourth-order valence-corrected chi connectivity index (χ4v) is 4.92. The number of thioether (sulfide) groups is 1. The number of carbonyl (C=O) groups excluding carboxylic acids is 2. The second-order valence-corrected chi connectivity index (χ2v) is 9.27. The molecule has 1 N–H and O–H groups in total. The molecule has 166 valence electrons. The van der Waals surface area contributed by atoms with Crippen molar-refractivity contribution in [2.24, 2.45) is 0 Å². The van der Waals surface area contributed by atoms with Crippen LogP contribution >= 0.6 is 35.3 Å². The number of carboxylic acids is 1. The molecule has 33 heavy (non-hydrogen) atoms. The van der Waals surface area contributed by atoms with Crippen LogP contribution in [0.5, 0.6) is 11.5 Å². The first kappa shape index (κ1) is 22.7. The number of aromatic carboxylic acids is 1. The van der Waals surface area contributed by atoms with Crippen LogP contribution < -0.4 is 14.4 Å². The molecule has 2 heterocycles. The van der Waals surface area contributed by atoms with Crippen molar-refractivity contribution in [2.75, 3.05) is 12.0 Å². The predicted octanol–water partition coefficient (Wildman–Crippen LogP) is 5.08. The number of carbonyl (C=O) groups is 3. The molecule has 1 saturated heterocycles. The van der Waals surface area contributed by atoms with Gasteiger partial charge in [-0.05, 0) is 53.4 Å². The first-order chi connectivity index (χ1) is 15.9. The number of hydrogen-bond donors (Lipinski definition) is 1. The van der Waals surface area contributed by atoms with Gasteiger partial charge in [-0.2, -0.15) is 0 Å². The van der Waals surface area contributed by atoms with Gasteiger partial charge in [0.1, 0.15) is 4.88 Å². The van der Waals surface area contributed by atoms with Crippen LogP contribution in [0.4, 0.5) is 5.69 Å². The number of amides is 1. The van der Waals surface area contributed by atoms with E-state index < -0.39 is 11.9 Å². The van der Waals surface area contributed by atoms with Gasteiger partial charge in [0.25, 0.3) is 5.91 Å². The van der Waals surface area contributed by atoms with Crippen LogP contribution in [-0.4, -0.2) is 34.4 Å². The maximum Gasteiger partial charge on any atom is 0.353 e. The smallest absolute Gasteiger partial charge is 0.353 e. The van der Waals surface area contributed by atoms with Crippen molar-refractivity contribution in [1.29, 1.82) is 0 Å². The normalized spacial score (nSPS) is 14.6. The number of nitrogens with zero attached hydrogens (tertiary/aromatic N) is 1. The summed E-state index contributed by atoms with van der Waals surface area (Å²) < 4.78 is 11.1. The van der Waals surface area contributed by atoms with Crippen LogP contribution in [0, 0.1) is 0 Å². The third kappa shape index (κ3) is 4.82. The molecule has 0 aliphatic carbocycles. The summed E-state index contributed by atoms with van der Waals surface area (Å²) in [5.41, 5.74) is 1.08. The fraction of sp³-hybridized carbons (Fsp3) is 0.0435. The predicted molar refractivity (Wildman–Crippen MR) is 131 cm³/mol. The van der Waals surface area contributed by atoms with E-state index in [1.165, 1.54) is 35.5 Å². The number of methoxy groups -OCH3 is 1. The van der Waals surface area contributed by atoms with Gasteiger partial charge < -0.3 is 14.6 Å². The number of rotatable bonds is 6. The maximum atomic E-state index is 13.0. The lowest BCUT2D eigenvalue weighted by molar-refractivity contribution is -0.113. The molecule has 1 aliphatic heterocycles. The fourth-order valence-electron chi connectivity index (χ4n) is 3.02. The number of benzene rings is 2. The molecule has 10 heteroatoms. The Morgan fingerprint density at radius 2 is 1.91 bits per heavy atom. The summed E-state index contributed by atoms with van der Waals surface area (Å²) in [6.45, 7) is 0. The monoisotopic (exact) mass is 497 g/mol. The lowest BCUT2D eigenvalue weighted by Crippen LogP contribution is -2.27. The van der Waals surface area contributed by atoms with E-state index in [9.17, 15) is 19.5 Å². The standard InChI is InChI=1S/C23H15NO6S3/c1-29-17-10-13(7-8-16(17)30-22(28)18-6-3-9-32-18)11-19-20(25)24(23(31)33-19)15-5-2-4-14(12-15)21(26)27/h2-12H,1H3,(H,26,27)/b19-11-. The lowest BCUT2D eigenvalue weighted by Gasteiger charge is -2.14. The number of anilines is 1. The first-order valence-electron chi connectivity index (χ1n) is 9.42. The molecule has 1 aliphatic rings. The first-order valence-corrected chi connectivity index (χ1v) is 11.5. The van der Waals surface area contributed by atoms with Crippen molar-refractivity contribution in [3.05, 3.63) is 80.9 Å². The molecule has 3 aromatic rings. The van der Waals surface area contributed by atoms with Gasteiger partial charge >= 0.3 is 11.9 Å². The maximum absolute atomic E-state index is 13.0.